The fourth-order valence-electron chi connectivity index (χ4n) is 2.25. The van der Waals surface area contributed by atoms with Gasteiger partial charge in [-0.2, -0.15) is 0 Å². The molecule has 23 heavy (non-hydrogen) atoms. The molecule has 0 fully saturated rings. The number of nitrogens with two attached hydrogens (primary N) is 2. The number of ether oxygens (including phenoxy) is 1. The van der Waals surface area contributed by atoms with Crippen molar-refractivity contribution in [2.24, 2.45) is 17.4 Å². The van der Waals surface area contributed by atoms with E-state index in [-0.39, 0.29) is 19.0 Å². The molecule has 0 saturated carbocycles. The highest BCUT2D eigenvalue weighted by molar-refractivity contribution is 5.86. The molecule has 0 aliphatic carbocycles. The van der Waals surface area contributed by atoms with Crippen LogP contribution in [-0.4, -0.2) is 35.6 Å². The van der Waals surface area contributed by atoms with Crippen LogP contribution in [0.1, 0.15) is 64.7 Å². The number of hydrogen-bond acceptors (Lipinski definition) is 5. The van der Waals surface area contributed by atoms with Gasteiger partial charge in [0.25, 0.3) is 0 Å². The Bertz CT molecular complexity index is 373. The Labute approximate surface area is 137 Å². The molecule has 0 aliphatic rings. The Kier molecular flexibility index (Phi) is 12.0. The van der Waals surface area contributed by atoms with Crippen LogP contribution in [0.15, 0.2) is 0 Å². The highest BCUT2D eigenvalue weighted by atomic mass is 16.5. The van der Waals surface area contributed by atoms with Crippen LogP contribution < -0.4 is 11.5 Å². The summed E-state index contributed by atoms with van der Waals surface area (Å²) in [6.45, 7) is 2.09. The predicted molar refractivity (Wildman–Crippen MR) is 86.5 cm³/mol. The number of carbonyl (C=O) groups excluding carboxylic acids is 2. The van der Waals surface area contributed by atoms with Crippen LogP contribution in [0.25, 0.3) is 0 Å². The largest absolute Gasteiger partial charge is 0.481 e. The van der Waals surface area contributed by atoms with Gasteiger partial charge in [0, 0.05) is 6.42 Å². The molecule has 1 amide bonds. The lowest BCUT2D eigenvalue weighted by molar-refractivity contribution is -0.149. The molecule has 2 unspecified atom stereocenters. The van der Waals surface area contributed by atoms with Gasteiger partial charge in [0.1, 0.15) is 0 Å². The zero-order chi connectivity index (χ0) is 17.7. The normalized spacial score (nSPS) is 13.3. The lowest BCUT2D eigenvalue weighted by atomic mass is 9.97. The zero-order valence-corrected chi connectivity index (χ0v) is 14.0. The third-order valence-electron chi connectivity index (χ3n) is 3.76. The average molecular weight is 330 g/mol. The van der Waals surface area contributed by atoms with Gasteiger partial charge in [-0.15, -0.1) is 0 Å². The SMILES string of the molecule is CCCCCCCCCC(=O)OCCC(C(=O)O)C(N)C(N)=O. The summed E-state index contributed by atoms with van der Waals surface area (Å²) in [5.41, 5.74) is 10.4. The van der Waals surface area contributed by atoms with E-state index in [1.165, 1.54) is 25.7 Å². The van der Waals surface area contributed by atoms with Crippen LogP contribution in [0.3, 0.4) is 0 Å². The van der Waals surface area contributed by atoms with E-state index in [1.54, 1.807) is 0 Å². The zero-order valence-electron chi connectivity index (χ0n) is 14.0. The average Bonchev–Trinajstić information content (AvgIpc) is 2.49. The van der Waals surface area contributed by atoms with Crippen molar-refractivity contribution in [1.29, 1.82) is 0 Å². The van der Waals surface area contributed by atoms with Gasteiger partial charge < -0.3 is 21.3 Å². The molecular weight excluding hydrogens is 300 g/mol. The van der Waals surface area contributed by atoms with Gasteiger partial charge >= 0.3 is 11.9 Å². The maximum atomic E-state index is 11.5. The van der Waals surface area contributed by atoms with Gasteiger partial charge in [-0.25, -0.2) is 0 Å². The number of unbranched alkanes of at least 4 members (excludes halogenated alkanes) is 6. The van der Waals surface area contributed by atoms with Gasteiger partial charge in [0.15, 0.2) is 0 Å². The fourth-order valence-corrected chi connectivity index (χ4v) is 2.25. The van der Waals surface area contributed by atoms with Crippen LogP contribution in [0.5, 0.6) is 0 Å². The number of esters is 1. The molecule has 0 spiro atoms. The summed E-state index contributed by atoms with van der Waals surface area (Å²) in [5, 5.41) is 8.99. The Morgan fingerprint density at radius 3 is 2.13 bits per heavy atom. The molecule has 5 N–H and O–H groups in total. The van der Waals surface area contributed by atoms with Crippen molar-refractivity contribution in [3.63, 3.8) is 0 Å². The molecule has 0 radical (unpaired) electrons. The molecule has 7 heteroatoms. The second-order valence-corrected chi connectivity index (χ2v) is 5.75. The minimum Gasteiger partial charge on any atom is -0.481 e. The lowest BCUT2D eigenvalue weighted by Gasteiger charge is -2.16. The van der Waals surface area contributed by atoms with E-state index >= 15 is 0 Å². The number of carboxylic acid groups (broad SMARTS) is 1. The second-order valence-electron chi connectivity index (χ2n) is 5.75. The molecule has 2 atom stereocenters. The second kappa shape index (κ2) is 12.9. The monoisotopic (exact) mass is 330 g/mol. The van der Waals surface area contributed by atoms with E-state index in [4.69, 9.17) is 21.3 Å². The highest BCUT2D eigenvalue weighted by Gasteiger charge is 2.29. The quantitative estimate of drug-likeness (QED) is 0.327. The third-order valence-corrected chi connectivity index (χ3v) is 3.76. The Hall–Kier alpha value is -1.63. The van der Waals surface area contributed by atoms with Gasteiger partial charge in [0.2, 0.25) is 5.91 Å². The first kappa shape index (κ1) is 21.4. The van der Waals surface area contributed by atoms with E-state index in [2.05, 4.69) is 6.92 Å². The van der Waals surface area contributed by atoms with Crippen LogP contribution >= 0.6 is 0 Å². The van der Waals surface area contributed by atoms with Crippen LogP contribution in [-0.2, 0) is 19.1 Å². The maximum absolute atomic E-state index is 11.5. The first-order chi connectivity index (χ1) is 10.9. The molecule has 0 aromatic rings. The van der Waals surface area contributed by atoms with E-state index in [1.807, 2.05) is 0 Å². The summed E-state index contributed by atoms with van der Waals surface area (Å²) in [5.74, 6) is -3.60. The van der Waals surface area contributed by atoms with Crippen molar-refractivity contribution in [1.82, 2.24) is 0 Å². The van der Waals surface area contributed by atoms with Gasteiger partial charge in [-0.1, -0.05) is 45.4 Å². The molecule has 0 heterocycles. The van der Waals surface area contributed by atoms with Crippen molar-refractivity contribution in [3.05, 3.63) is 0 Å². The number of rotatable bonds is 14. The van der Waals surface area contributed by atoms with E-state index < -0.39 is 23.8 Å². The Morgan fingerprint density at radius 1 is 1.04 bits per heavy atom. The van der Waals surface area contributed by atoms with Gasteiger partial charge in [-0.3, -0.25) is 14.4 Å². The third kappa shape index (κ3) is 10.7. The van der Waals surface area contributed by atoms with Crippen molar-refractivity contribution >= 4 is 17.8 Å². The van der Waals surface area contributed by atoms with E-state index in [0.29, 0.717) is 6.42 Å². The highest BCUT2D eigenvalue weighted by Crippen LogP contribution is 2.11. The van der Waals surface area contributed by atoms with E-state index in [0.717, 1.165) is 19.3 Å². The molecule has 0 saturated heterocycles. The predicted octanol–water partition coefficient (Wildman–Crippen LogP) is 1.57. The standard InChI is InChI=1S/C16H30N2O5/c1-2-3-4-5-6-7-8-9-13(19)23-11-10-12(16(21)22)14(17)15(18)20/h12,14H,2-11,17H2,1H3,(H2,18,20)(H,21,22). The summed E-state index contributed by atoms with van der Waals surface area (Å²) < 4.78 is 4.99. The molecular formula is C16H30N2O5. The van der Waals surface area contributed by atoms with Crippen LogP contribution in [0.4, 0.5) is 0 Å². The van der Waals surface area contributed by atoms with Crippen molar-refractivity contribution in [2.75, 3.05) is 6.61 Å². The summed E-state index contributed by atoms with van der Waals surface area (Å²) in [6, 6.07) is -1.28. The number of carboxylic acids is 1. The summed E-state index contributed by atoms with van der Waals surface area (Å²) in [6.07, 6.45) is 8.06. The van der Waals surface area contributed by atoms with Crippen molar-refractivity contribution in [2.45, 2.75) is 70.8 Å². The first-order valence-corrected chi connectivity index (χ1v) is 8.33. The Morgan fingerprint density at radius 2 is 1.61 bits per heavy atom. The number of carbonyl (C=O) groups is 3. The molecule has 0 bridgehead atoms. The summed E-state index contributed by atoms with van der Waals surface area (Å²) in [4.78, 5) is 33.5. The summed E-state index contributed by atoms with van der Waals surface area (Å²) >= 11 is 0. The van der Waals surface area contributed by atoms with E-state index in [9.17, 15) is 14.4 Å². The molecule has 7 nitrogen and oxygen atoms in total. The smallest absolute Gasteiger partial charge is 0.308 e. The van der Waals surface area contributed by atoms with Crippen LogP contribution in [0.2, 0.25) is 0 Å². The lowest BCUT2D eigenvalue weighted by Crippen LogP contribution is -2.46. The van der Waals surface area contributed by atoms with Gasteiger partial charge in [-0.05, 0) is 12.8 Å². The van der Waals surface area contributed by atoms with Crippen molar-refractivity contribution in [3.8, 4) is 0 Å². The number of aliphatic carboxylic acids is 1. The van der Waals surface area contributed by atoms with Crippen LogP contribution in [0, 0.1) is 5.92 Å². The number of primary amides is 1. The molecule has 0 aromatic carbocycles. The number of hydrogen-bond donors (Lipinski definition) is 3. The molecule has 134 valence electrons. The first-order valence-electron chi connectivity index (χ1n) is 8.33. The molecule has 0 aliphatic heterocycles. The van der Waals surface area contributed by atoms with Gasteiger partial charge in [0.05, 0.1) is 18.6 Å². The van der Waals surface area contributed by atoms with Crippen molar-refractivity contribution < 1.29 is 24.2 Å². The number of amides is 1. The molecule has 0 aromatic heterocycles. The minimum atomic E-state index is -1.28. The maximum Gasteiger partial charge on any atom is 0.308 e. The summed E-state index contributed by atoms with van der Waals surface area (Å²) in [7, 11) is 0. The fraction of sp³-hybridized carbons (Fsp3) is 0.812. The minimum absolute atomic E-state index is 0.0256. The topological polar surface area (TPSA) is 133 Å². The molecule has 0 rings (SSSR count). The Balaban J connectivity index is 3.79.